The number of nitrogens with two attached hydrogens (primary N) is 1. The molecule has 1 aliphatic carbocycles. The average Bonchev–Trinajstić information content (AvgIpc) is 2.33. The van der Waals surface area contributed by atoms with Crippen LogP contribution in [-0.4, -0.2) is 25.0 Å². The third kappa shape index (κ3) is 3.15. The summed E-state index contributed by atoms with van der Waals surface area (Å²) in [5, 5.41) is 0. The summed E-state index contributed by atoms with van der Waals surface area (Å²) in [5.41, 5.74) is 7.27. The van der Waals surface area contributed by atoms with Crippen molar-refractivity contribution in [2.45, 2.75) is 44.7 Å². The molecule has 1 aromatic carbocycles. The summed E-state index contributed by atoms with van der Waals surface area (Å²) in [5.74, 6) is -0.152. The van der Waals surface area contributed by atoms with Crippen LogP contribution in [0.25, 0.3) is 0 Å². The molecule has 1 saturated carbocycles. The monoisotopic (exact) mass is 264 g/mol. The maximum Gasteiger partial charge on any atom is 0.123 e. The Morgan fingerprint density at radius 3 is 2.47 bits per heavy atom. The van der Waals surface area contributed by atoms with Crippen molar-refractivity contribution in [3.63, 3.8) is 0 Å². The van der Waals surface area contributed by atoms with Crippen LogP contribution in [0.1, 0.15) is 44.2 Å². The van der Waals surface area contributed by atoms with Crippen LogP contribution >= 0.6 is 0 Å². The Morgan fingerprint density at radius 2 is 1.95 bits per heavy atom. The Hall–Kier alpha value is -0.930. The van der Waals surface area contributed by atoms with Crippen LogP contribution in [0.3, 0.4) is 0 Å². The van der Waals surface area contributed by atoms with Crippen molar-refractivity contribution in [1.29, 1.82) is 0 Å². The molecule has 3 heteroatoms. The minimum atomic E-state index is -0.152. The topological polar surface area (TPSA) is 29.3 Å². The van der Waals surface area contributed by atoms with Crippen LogP contribution < -0.4 is 5.73 Å². The van der Waals surface area contributed by atoms with E-state index >= 15 is 0 Å². The Balaban J connectivity index is 2.30. The zero-order valence-corrected chi connectivity index (χ0v) is 12.2. The lowest BCUT2D eigenvalue weighted by molar-refractivity contribution is 0.0699. The molecule has 0 radical (unpaired) electrons. The first kappa shape index (κ1) is 14.5. The second-order valence-electron chi connectivity index (χ2n) is 6.41. The van der Waals surface area contributed by atoms with E-state index in [0.29, 0.717) is 6.04 Å². The molecule has 0 amide bonds. The third-order valence-electron chi connectivity index (χ3n) is 4.51. The first-order valence-electron chi connectivity index (χ1n) is 7.10. The van der Waals surface area contributed by atoms with Crippen molar-refractivity contribution in [3.8, 4) is 0 Å². The molecular formula is C16H25FN2. The van der Waals surface area contributed by atoms with Crippen LogP contribution in [0.2, 0.25) is 0 Å². The van der Waals surface area contributed by atoms with E-state index in [2.05, 4.69) is 25.9 Å². The van der Waals surface area contributed by atoms with Crippen molar-refractivity contribution in [3.05, 3.63) is 35.6 Å². The molecule has 1 aliphatic rings. The van der Waals surface area contributed by atoms with Crippen molar-refractivity contribution >= 4 is 0 Å². The first-order valence-corrected chi connectivity index (χ1v) is 7.10. The summed E-state index contributed by atoms with van der Waals surface area (Å²) >= 11 is 0. The number of halogens is 1. The average molecular weight is 264 g/mol. The largest absolute Gasteiger partial charge is 0.328 e. The van der Waals surface area contributed by atoms with Crippen molar-refractivity contribution in [2.24, 2.45) is 11.1 Å². The van der Waals surface area contributed by atoms with E-state index in [0.717, 1.165) is 31.2 Å². The predicted octanol–water partition coefficient (Wildman–Crippen LogP) is 3.34. The van der Waals surface area contributed by atoms with Gasteiger partial charge in [-0.15, -0.1) is 0 Å². The molecule has 0 bridgehead atoms. The summed E-state index contributed by atoms with van der Waals surface area (Å²) in [6.45, 7) is 2.31. The van der Waals surface area contributed by atoms with Crippen LogP contribution in [-0.2, 0) is 0 Å². The SMILES string of the molecule is CN(C)C(c1cccc(F)c1)C1(C)CCC(N)CC1. The summed E-state index contributed by atoms with van der Waals surface area (Å²) in [6.07, 6.45) is 4.34. The second kappa shape index (κ2) is 5.59. The first-order chi connectivity index (χ1) is 8.92. The number of nitrogens with zero attached hydrogens (tertiary/aromatic N) is 1. The van der Waals surface area contributed by atoms with Crippen LogP contribution in [0.15, 0.2) is 24.3 Å². The molecule has 2 nitrogen and oxygen atoms in total. The van der Waals surface area contributed by atoms with Gasteiger partial charge in [-0.3, -0.25) is 0 Å². The molecule has 1 atom stereocenters. The zero-order chi connectivity index (χ0) is 14.0. The number of hydrogen-bond donors (Lipinski definition) is 1. The van der Waals surface area contributed by atoms with Crippen molar-refractivity contribution < 1.29 is 4.39 Å². The smallest absolute Gasteiger partial charge is 0.123 e. The lowest BCUT2D eigenvalue weighted by Gasteiger charge is -2.45. The molecule has 0 aliphatic heterocycles. The Labute approximate surface area is 115 Å². The maximum absolute atomic E-state index is 13.5. The van der Waals surface area contributed by atoms with E-state index in [1.54, 1.807) is 12.1 Å². The standard InChI is InChI=1S/C16H25FN2/c1-16(9-7-14(18)8-10-16)15(19(2)3)12-5-4-6-13(17)11-12/h4-6,11,14-15H,7-10,18H2,1-3H3. The number of rotatable bonds is 3. The van der Waals surface area contributed by atoms with E-state index in [1.807, 2.05) is 6.07 Å². The van der Waals surface area contributed by atoms with Gasteiger partial charge in [0.25, 0.3) is 0 Å². The quantitative estimate of drug-likeness (QED) is 0.907. The summed E-state index contributed by atoms with van der Waals surface area (Å²) in [7, 11) is 4.16. The summed E-state index contributed by atoms with van der Waals surface area (Å²) in [4.78, 5) is 2.21. The molecule has 1 fully saturated rings. The van der Waals surface area contributed by atoms with Crippen LogP contribution in [0.5, 0.6) is 0 Å². The highest BCUT2D eigenvalue weighted by Gasteiger charge is 2.39. The summed E-state index contributed by atoms with van der Waals surface area (Å²) in [6, 6.07) is 7.60. The van der Waals surface area contributed by atoms with Gasteiger partial charge in [0, 0.05) is 12.1 Å². The molecule has 19 heavy (non-hydrogen) atoms. The van der Waals surface area contributed by atoms with E-state index in [1.165, 1.54) is 6.07 Å². The Kier molecular flexibility index (Phi) is 4.26. The molecular weight excluding hydrogens is 239 g/mol. The van der Waals surface area contributed by atoms with Gasteiger partial charge >= 0.3 is 0 Å². The van der Waals surface area contributed by atoms with Gasteiger partial charge in [0.05, 0.1) is 0 Å². The molecule has 1 aromatic rings. The molecule has 1 unspecified atom stereocenters. The normalized spacial score (nSPS) is 29.5. The highest BCUT2D eigenvalue weighted by molar-refractivity contribution is 5.22. The zero-order valence-electron chi connectivity index (χ0n) is 12.2. The fourth-order valence-electron chi connectivity index (χ4n) is 3.57. The molecule has 0 heterocycles. The highest BCUT2D eigenvalue weighted by Crippen LogP contribution is 2.47. The number of hydrogen-bond acceptors (Lipinski definition) is 2. The van der Waals surface area contributed by atoms with Gasteiger partial charge in [0.15, 0.2) is 0 Å². The Morgan fingerprint density at radius 1 is 1.32 bits per heavy atom. The molecule has 0 aromatic heterocycles. The van der Waals surface area contributed by atoms with E-state index < -0.39 is 0 Å². The van der Waals surface area contributed by atoms with E-state index in [9.17, 15) is 4.39 Å². The van der Waals surface area contributed by atoms with Gasteiger partial charge in [-0.2, -0.15) is 0 Å². The lowest BCUT2D eigenvalue weighted by atomic mass is 9.67. The minimum absolute atomic E-state index is 0.152. The van der Waals surface area contributed by atoms with Crippen LogP contribution in [0, 0.1) is 11.2 Å². The third-order valence-corrected chi connectivity index (χ3v) is 4.51. The van der Waals surface area contributed by atoms with Gasteiger partial charge in [-0.05, 0) is 62.9 Å². The van der Waals surface area contributed by atoms with E-state index in [4.69, 9.17) is 5.73 Å². The summed E-state index contributed by atoms with van der Waals surface area (Å²) < 4.78 is 13.5. The van der Waals surface area contributed by atoms with Gasteiger partial charge in [0.2, 0.25) is 0 Å². The number of benzene rings is 1. The van der Waals surface area contributed by atoms with Gasteiger partial charge in [-0.25, -0.2) is 4.39 Å². The fraction of sp³-hybridized carbons (Fsp3) is 0.625. The molecule has 2 N–H and O–H groups in total. The van der Waals surface area contributed by atoms with Gasteiger partial charge < -0.3 is 10.6 Å². The molecule has 0 spiro atoms. The van der Waals surface area contributed by atoms with Crippen molar-refractivity contribution in [2.75, 3.05) is 14.1 Å². The van der Waals surface area contributed by atoms with Gasteiger partial charge in [-0.1, -0.05) is 19.1 Å². The predicted molar refractivity (Wildman–Crippen MR) is 77.4 cm³/mol. The molecule has 0 saturated heterocycles. The van der Waals surface area contributed by atoms with Crippen molar-refractivity contribution in [1.82, 2.24) is 4.90 Å². The lowest BCUT2D eigenvalue weighted by Crippen LogP contribution is -2.41. The van der Waals surface area contributed by atoms with Crippen LogP contribution in [0.4, 0.5) is 4.39 Å². The maximum atomic E-state index is 13.5. The minimum Gasteiger partial charge on any atom is -0.328 e. The molecule has 2 rings (SSSR count). The Bertz CT molecular complexity index is 423. The fourth-order valence-corrected chi connectivity index (χ4v) is 3.57. The second-order valence-corrected chi connectivity index (χ2v) is 6.41. The molecule has 106 valence electrons. The van der Waals surface area contributed by atoms with E-state index in [-0.39, 0.29) is 17.3 Å². The van der Waals surface area contributed by atoms with Gasteiger partial charge in [0.1, 0.15) is 5.82 Å². The highest BCUT2D eigenvalue weighted by atomic mass is 19.1.